The van der Waals surface area contributed by atoms with E-state index in [9.17, 15) is 9.18 Å². The van der Waals surface area contributed by atoms with E-state index in [2.05, 4.69) is 0 Å². The van der Waals surface area contributed by atoms with Gasteiger partial charge in [0.25, 0.3) is 5.91 Å². The van der Waals surface area contributed by atoms with Crippen LogP contribution in [0.4, 0.5) is 4.39 Å². The molecule has 1 aromatic carbocycles. The van der Waals surface area contributed by atoms with Gasteiger partial charge >= 0.3 is 0 Å². The lowest BCUT2D eigenvalue weighted by atomic mass is 10.3. The van der Waals surface area contributed by atoms with E-state index in [0.717, 1.165) is 0 Å². The Balaban J connectivity index is 1.81. The van der Waals surface area contributed by atoms with Gasteiger partial charge in [0.05, 0.1) is 15.8 Å². The summed E-state index contributed by atoms with van der Waals surface area (Å²) in [6.45, 7) is 0.776. The summed E-state index contributed by atoms with van der Waals surface area (Å²) in [4.78, 5) is 14.2. The molecule has 1 heterocycles. The van der Waals surface area contributed by atoms with E-state index in [1.54, 1.807) is 36.2 Å². The number of carbonyl (C=O) groups excluding carboxylic acids is 1. The van der Waals surface area contributed by atoms with Gasteiger partial charge in [-0.05, 0) is 36.4 Å². The molecule has 6 heteroatoms. The van der Waals surface area contributed by atoms with Crippen LogP contribution in [0.1, 0.15) is 9.67 Å². The molecule has 2 rings (SSSR count). The van der Waals surface area contributed by atoms with Crippen LogP contribution < -0.4 is 4.74 Å². The first-order chi connectivity index (χ1) is 9.56. The molecule has 0 aliphatic carbocycles. The van der Waals surface area contributed by atoms with Crippen molar-refractivity contribution in [2.24, 2.45) is 0 Å². The lowest BCUT2D eigenvalue weighted by Gasteiger charge is -2.16. The predicted octanol–water partition coefficient (Wildman–Crippen LogP) is 3.69. The van der Waals surface area contributed by atoms with Crippen LogP contribution in [0.5, 0.6) is 5.75 Å². The Morgan fingerprint density at radius 2 is 2.00 bits per heavy atom. The van der Waals surface area contributed by atoms with Crippen LogP contribution in [0, 0.1) is 5.82 Å². The molecule has 0 spiro atoms. The smallest absolute Gasteiger partial charge is 0.263 e. The molecule has 0 aliphatic heterocycles. The zero-order valence-corrected chi connectivity index (χ0v) is 12.4. The van der Waals surface area contributed by atoms with Gasteiger partial charge < -0.3 is 9.64 Å². The van der Waals surface area contributed by atoms with Crippen LogP contribution in [-0.2, 0) is 0 Å². The SMILES string of the molecule is CN(CCOc1ccc(F)cc1)C(=O)c1ccc(Cl)s1. The molecule has 106 valence electrons. The van der Waals surface area contributed by atoms with Crippen LogP contribution in [0.3, 0.4) is 0 Å². The van der Waals surface area contributed by atoms with Crippen molar-refractivity contribution in [2.75, 3.05) is 20.2 Å². The number of halogens is 2. The van der Waals surface area contributed by atoms with E-state index in [1.807, 2.05) is 0 Å². The second kappa shape index (κ2) is 6.72. The van der Waals surface area contributed by atoms with Crippen LogP contribution in [0.25, 0.3) is 0 Å². The Morgan fingerprint density at radius 1 is 1.30 bits per heavy atom. The highest BCUT2D eigenvalue weighted by Gasteiger charge is 2.13. The molecule has 0 aliphatic rings. The summed E-state index contributed by atoms with van der Waals surface area (Å²) in [5, 5.41) is 0. The van der Waals surface area contributed by atoms with Gasteiger partial charge in [-0.15, -0.1) is 11.3 Å². The average Bonchev–Trinajstić information content (AvgIpc) is 2.86. The molecule has 0 unspecified atom stereocenters. The highest BCUT2D eigenvalue weighted by molar-refractivity contribution is 7.17. The monoisotopic (exact) mass is 313 g/mol. The topological polar surface area (TPSA) is 29.5 Å². The molecular formula is C14H13ClFNO2S. The Hall–Kier alpha value is -1.59. The Bertz CT molecular complexity index is 585. The summed E-state index contributed by atoms with van der Waals surface area (Å²) in [6.07, 6.45) is 0. The summed E-state index contributed by atoms with van der Waals surface area (Å²) in [5.41, 5.74) is 0. The quantitative estimate of drug-likeness (QED) is 0.842. The van der Waals surface area contributed by atoms with Gasteiger partial charge in [0.15, 0.2) is 0 Å². The molecule has 20 heavy (non-hydrogen) atoms. The molecule has 0 atom stereocenters. The van der Waals surface area contributed by atoms with Crippen molar-refractivity contribution < 1.29 is 13.9 Å². The summed E-state index contributed by atoms with van der Waals surface area (Å²) in [6, 6.07) is 9.16. The molecule has 3 nitrogen and oxygen atoms in total. The van der Waals surface area contributed by atoms with E-state index in [-0.39, 0.29) is 11.7 Å². The fourth-order valence-electron chi connectivity index (χ4n) is 1.55. The van der Waals surface area contributed by atoms with Crippen molar-refractivity contribution in [1.82, 2.24) is 4.90 Å². The second-order valence-electron chi connectivity index (χ2n) is 4.13. The van der Waals surface area contributed by atoms with Gasteiger partial charge in [-0.25, -0.2) is 4.39 Å². The van der Waals surface area contributed by atoms with E-state index >= 15 is 0 Å². The number of nitrogens with zero attached hydrogens (tertiary/aromatic N) is 1. The normalized spacial score (nSPS) is 10.3. The summed E-state index contributed by atoms with van der Waals surface area (Å²) >= 11 is 7.05. The van der Waals surface area contributed by atoms with Crippen molar-refractivity contribution in [1.29, 1.82) is 0 Å². The van der Waals surface area contributed by atoms with Crippen LogP contribution in [-0.4, -0.2) is 31.0 Å². The third-order valence-corrected chi connectivity index (χ3v) is 3.86. The molecule has 0 saturated heterocycles. The average molecular weight is 314 g/mol. The van der Waals surface area contributed by atoms with Crippen molar-refractivity contribution >= 4 is 28.8 Å². The largest absolute Gasteiger partial charge is 0.492 e. The maximum atomic E-state index is 12.7. The van der Waals surface area contributed by atoms with Gasteiger partial charge in [0.1, 0.15) is 18.2 Å². The number of thiophene rings is 1. The number of likely N-dealkylation sites (N-methyl/N-ethyl adjacent to an activating group) is 1. The van der Waals surface area contributed by atoms with E-state index in [1.165, 1.54) is 23.5 Å². The molecule has 0 bridgehead atoms. The van der Waals surface area contributed by atoms with Crippen molar-refractivity contribution in [2.45, 2.75) is 0 Å². The number of benzene rings is 1. The molecule has 0 fully saturated rings. The number of ether oxygens (including phenoxy) is 1. The van der Waals surface area contributed by atoms with Crippen LogP contribution in [0.2, 0.25) is 4.34 Å². The summed E-state index contributed by atoms with van der Waals surface area (Å²) in [5.74, 6) is 0.176. The van der Waals surface area contributed by atoms with Crippen LogP contribution in [0.15, 0.2) is 36.4 Å². The highest BCUT2D eigenvalue weighted by Crippen LogP contribution is 2.22. The van der Waals surface area contributed by atoms with Gasteiger partial charge in [0, 0.05) is 7.05 Å². The second-order valence-corrected chi connectivity index (χ2v) is 5.85. The molecule has 0 N–H and O–H groups in total. The maximum absolute atomic E-state index is 12.7. The first-order valence-electron chi connectivity index (χ1n) is 5.95. The van der Waals surface area contributed by atoms with Gasteiger partial charge in [0.2, 0.25) is 0 Å². The molecular weight excluding hydrogens is 301 g/mol. The maximum Gasteiger partial charge on any atom is 0.263 e. The molecule has 1 aromatic heterocycles. The minimum atomic E-state index is -0.306. The number of amides is 1. The van der Waals surface area contributed by atoms with Gasteiger partial charge in [-0.2, -0.15) is 0 Å². The number of rotatable bonds is 5. The number of carbonyl (C=O) groups is 1. The van der Waals surface area contributed by atoms with Crippen molar-refractivity contribution in [3.05, 3.63) is 51.4 Å². The van der Waals surface area contributed by atoms with E-state index < -0.39 is 0 Å². The van der Waals surface area contributed by atoms with E-state index in [0.29, 0.717) is 28.1 Å². The fraction of sp³-hybridized carbons (Fsp3) is 0.214. The van der Waals surface area contributed by atoms with E-state index in [4.69, 9.17) is 16.3 Å². The minimum absolute atomic E-state index is 0.0930. The van der Waals surface area contributed by atoms with Crippen LogP contribution >= 0.6 is 22.9 Å². The Labute approximate surface area is 125 Å². The summed E-state index contributed by atoms with van der Waals surface area (Å²) < 4.78 is 18.7. The predicted molar refractivity (Wildman–Crippen MR) is 78.2 cm³/mol. The lowest BCUT2D eigenvalue weighted by Crippen LogP contribution is -2.30. The number of hydrogen-bond acceptors (Lipinski definition) is 3. The molecule has 2 aromatic rings. The van der Waals surface area contributed by atoms with Gasteiger partial charge in [-0.1, -0.05) is 11.6 Å². The first kappa shape index (κ1) is 14.8. The fourth-order valence-corrected chi connectivity index (χ4v) is 2.59. The molecule has 0 radical (unpaired) electrons. The molecule has 1 amide bonds. The standard InChI is InChI=1S/C14H13ClFNO2S/c1-17(14(18)12-6-7-13(15)20-12)8-9-19-11-4-2-10(16)3-5-11/h2-7H,8-9H2,1H3. The van der Waals surface area contributed by atoms with Crippen molar-refractivity contribution in [3.8, 4) is 5.75 Å². The Kier molecular flexibility index (Phi) is 4.98. The van der Waals surface area contributed by atoms with Gasteiger partial charge in [-0.3, -0.25) is 4.79 Å². The minimum Gasteiger partial charge on any atom is -0.492 e. The Morgan fingerprint density at radius 3 is 2.60 bits per heavy atom. The zero-order chi connectivity index (χ0) is 14.5. The van der Waals surface area contributed by atoms with Crippen molar-refractivity contribution in [3.63, 3.8) is 0 Å². The zero-order valence-electron chi connectivity index (χ0n) is 10.8. The lowest BCUT2D eigenvalue weighted by molar-refractivity contribution is 0.0778. The molecule has 0 saturated carbocycles. The summed E-state index contributed by atoms with van der Waals surface area (Å²) in [7, 11) is 1.70. The first-order valence-corrected chi connectivity index (χ1v) is 7.15. The number of hydrogen-bond donors (Lipinski definition) is 0. The highest BCUT2D eigenvalue weighted by atomic mass is 35.5. The third-order valence-electron chi connectivity index (χ3n) is 2.64. The third kappa shape index (κ3) is 3.95.